The van der Waals surface area contributed by atoms with Crippen molar-refractivity contribution in [3.05, 3.63) is 102 Å². The zero-order valence-corrected chi connectivity index (χ0v) is 16.4. The molecular weight excluding hydrogens is 382 g/mol. The molecule has 1 aliphatic heterocycles. The molecule has 0 fully saturated rings. The predicted octanol–water partition coefficient (Wildman–Crippen LogP) is 4.53. The van der Waals surface area contributed by atoms with E-state index in [1.807, 2.05) is 84.9 Å². The van der Waals surface area contributed by atoms with Crippen LogP contribution in [0, 0.1) is 0 Å². The molecule has 4 rings (SSSR count). The number of carbonyl (C=O) groups is 1. The van der Waals surface area contributed by atoms with E-state index in [1.165, 1.54) is 0 Å². The Kier molecular flexibility index (Phi) is 5.63. The number of rotatable bonds is 4. The van der Waals surface area contributed by atoms with Crippen molar-refractivity contribution in [1.29, 1.82) is 0 Å². The Labute approximate surface area is 174 Å². The van der Waals surface area contributed by atoms with Gasteiger partial charge >= 0.3 is 6.09 Å². The van der Waals surface area contributed by atoms with E-state index in [2.05, 4.69) is 10.6 Å². The summed E-state index contributed by atoms with van der Waals surface area (Å²) in [5.74, 6) is 0. The number of thiocarbonyl (C=S) groups is 1. The first-order chi connectivity index (χ1) is 14.2. The Morgan fingerprint density at radius 1 is 0.966 bits per heavy atom. The molecule has 1 heterocycles. The molecule has 2 N–H and O–H groups in total. The van der Waals surface area contributed by atoms with E-state index in [9.17, 15) is 4.79 Å². The van der Waals surface area contributed by atoms with Gasteiger partial charge in [0.05, 0.1) is 5.71 Å². The van der Waals surface area contributed by atoms with Crippen molar-refractivity contribution in [3.63, 3.8) is 0 Å². The number of hydrogen-bond donors (Lipinski definition) is 2. The molecular formula is C23H19N3O2S. The fourth-order valence-electron chi connectivity index (χ4n) is 3.06. The molecule has 0 spiro atoms. The van der Waals surface area contributed by atoms with Gasteiger partial charge in [-0.3, -0.25) is 10.3 Å². The maximum Gasteiger partial charge on any atom is 0.409 e. The number of benzodiazepines with no additional fused rings is 1. The third-order valence-corrected chi connectivity index (χ3v) is 4.79. The number of para-hydroxylation sites is 1. The number of ether oxygens (including phenoxy) is 1. The topological polar surface area (TPSA) is 62.7 Å². The van der Waals surface area contributed by atoms with Crippen LogP contribution >= 0.6 is 12.2 Å². The zero-order chi connectivity index (χ0) is 20.1. The number of carbonyl (C=O) groups excluding carboxylic acids is 1. The molecule has 6 heteroatoms. The Bertz CT molecular complexity index is 1050. The number of amides is 1. The van der Waals surface area contributed by atoms with Crippen molar-refractivity contribution in [1.82, 2.24) is 5.32 Å². The van der Waals surface area contributed by atoms with E-state index in [0.29, 0.717) is 4.99 Å². The smallest absolute Gasteiger partial charge is 0.409 e. The molecule has 1 aliphatic rings. The second-order valence-electron chi connectivity index (χ2n) is 6.49. The maximum atomic E-state index is 12.4. The fraction of sp³-hybridized carbons (Fsp3) is 0.0870. The standard InChI is InChI=1S/C23H19N3O2S/c27-23(28-15-16-9-3-1-4-10-16)26-21-22(29)24-19-14-8-7-13-18(19)20(25-21)17-11-5-2-6-12-17/h1-14,21H,15H2,(H,24,29)(H,26,27). The highest BCUT2D eigenvalue weighted by Crippen LogP contribution is 2.24. The van der Waals surface area contributed by atoms with Crippen LogP contribution in [0.4, 0.5) is 10.5 Å². The minimum atomic E-state index is -0.740. The highest BCUT2D eigenvalue weighted by Gasteiger charge is 2.24. The van der Waals surface area contributed by atoms with Crippen LogP contribution < -0.4 is 10.6 Å². The molecule has 29 heavy (non-hydrogen) atoms. The van der Waals surface area contributed by atoms with Gasteiger partial charge in [-0.05, 0) is 11.6 Å². The minimum absolute atomic E-state index is 0.176. The first-order valence-corrected chi connectivity index (χ1v) is 9.62. The van der Waals surface area contributed by atoms with Crippen LogP contribution in [0.25, 0.3) is 0 Å². The second kappa shape index (κ2) is 8.67. The summed E-state index contributed by atoms with van der Waals surface area (Å²) in [5, 5.41) is 5.96. The van der Waals surface area contributed by atoms with Gasteiger partial charge in [0.15, 0.2) is 6.17 Å². The SMILES string of the molecule is O=C(NC1N=C(c2ccccc2)c2ccccc2NC1=S)OCc1ccccc1. The Morgan fingerprint density at radius 2 is 1.62 bits per heavy atom. The van der Waals surface area contributed by atoms with Crippen LogP contribution in [-0.2, 0) is 11.3 Å². The van der Waals surface area contributed by atoms with Crippen molar-refractivity contribution in [3.8, 4) is 0 Å². The number of nitrogens with zero attached hydrogens (tertiary/aromatic N) is 1. The lowest BCUT2D eigenvalue weighted by molar-refractivity contribution is 0.138. The normalized spacial score (nSPS) is 15.4. The minimum Gasteiger partial charge on any atom is -0.445 e. The molecule has 0 bridgehead atoms. The monoisotopic (exact) mass is 401 g/mol. The van der Waals surface area contributed by atoms with Gasteiger partial charge in [0.25, 0.3) is 0 Å². The van der Waals surface area contributed by atoms with Gasteiger partial charge in [-0.2, -0.15) is 0 Å². The summed E-state index contributed by atoms with van der Waals surface area (Å²) < 4.78 is 5.33. The lowest BCUT2D eigenvalue weighted by Gasteiger charge is -2.15. The van der Waals surface area contributed by atoms with Crippen LogP contribution in [-0.4, -0.2) is 23.0 Å². The summed E-state index contributed by atoms with van der Waals surface area (Å²) in [4.78, 5) is 17.5. The lowest BCUT2D eigenvalue weighted by Crippen LogP contribution is -2.41. The summed E-state index contributed by atoms with van der Waals surface area (Å²) in [6.07, 6.45) is -1.32. The summed E-state index contributed by atoms with van der Waals surface area (Å²) >= 11 is 5.50. The van der Waals surface area contributed by atoms with Crippen LogP contribution in [0.5, 0.6) is 0 Å². The molecule has 0 radical (unpaired) electrons. The second-order valence-corrected chi connectivity index (χ2v) is 6.93. The Morgan fingerprint density at radius 3 is 2.38 bits per heavy atom. The molecule has 3 aromatic rings. The van der Waals surface area contributed by atoms with E-state index >= 15 is 0 Å². The van der Waals surface area contributed by atoms with E-state index in [1.54, 1.807) is 0 Å². The average molecular weight is 401 g/mol. The third-order valence-electron chi connectivity index (χ3n) is 4.46. The van der Waals surface area contributed by atoms with Gasteiger partial charge < -0.3 is 10.1 Å². The molecule has 1 atom stereocenters. The van der Waals surface area contributed by atoms with Gasteiger partial charge in [0, 0.05) is 16.8 Å². The molecule has 3 aromatic carbocycles. The number of benzene rings is 3. The number of fused-ring (bicyclic) bond motifs is 1. The van der Waals surface area contributed by atoms with Crippen molar-refractivity contribution in [2.24, 2.45) is 4.99 Å². The Balaban J connectivity index is 1.58. The van der Waals surface area contributed by atoms with Gasteiger partial charge in [-0.1, -0.05) is 91.1 Å². The van der Waals surface area contributed by atoms with Gasteiger partial charge in [0.1, 0.15) is 11.6 Å². The summed E-state index contributed by atoms with van der Waals surface area (Å²) in [6, 6.07) is 27.1. The Hall–Kier alpha value is -3.51. The lowest BCUT2D eigenvalue weighted by atomic mass is 10.0. The molecule has 0 saturated heterocycles. The highest BCUT2D eigenvalue weighted by atomic mass is 32.1. The molecule has 0 saturated carbocycles. The fourth-order valence-corrected chi connectivity index (χ4v) is 3.28. The quantitative estimate of drug-likeness (QED) is 0.631. The molecule has 1 amide bonds. The van der Waals surface area contributed by atoms with Crippen molar-refractivity contribution in [2.75, 3.05) is 5.32 Å². The highest BCUT2D eigenvalue weighted by molar-refractivity contribution is 7.80. The zero-order valence-electron chi connectivity index (χ0n) is 15.5. The number of hydrogen-bond acceptors (Lipinski definition) is 4. The van der Waals surface area contributed by atoms with Crippen molar-refractivity contribution < 1.29 is 9.53 Å². The van der Waals surface area contributed by atoms with Crippen molar-refractivity contribution in [2.45, 2.75) is 12.8 Å². The molecule has 0 aliphatic carbocycles. The van der Waals surface area contributed by atoms with Gasteiger partial charge in [-0.25, -0.2) is 4.79 Å². The predicted molar refractivity (Wildman–Crippen MR) is 118 cm³/mol. The van der Waals surface area contributed by atoms with Gasteiger partial charge in [-0.15, -0.1) is 0 Å². The number of nitrogens with one attached hydrogen (secondary N) is 2. The average Bonchev–Trinajstić information content (AvgIpc) is 2.90. The molecule has 1 unspecified atom stereocenters. The van der Waals surface area contributed by atoms with E-state index < -0.39 is 12.3 Å². The van der Waals surface area contributed by atoms with Crippen LogP contribution in [0.2, 0.25) is 0 Å². The first-order valence-electron chi connectivity index (χ1n) is 9.21. The summed E-state index contributed by atoms with van der Waals surface area (Å²) in [5.41, 5.74) is 4.37. The molecule has 144 valence electrons. The summed E-state index contributed by atoms with van der Waals surface area (Å²) in [7, 11) is 0. The van der Waals surface area contributed by atoms with Crippen molar-refractivity contribution >= 4 is 34.7 Å². The third kappa shape index (κ3) is 4.50. The van der Waals surface area contributed by atoms with E-state index in [4.69, 9.17) is 21.9 Å². The largest absolute Gasteiger partial charge is 0.445 e. The van der Waals surface area contributed by atoms with E-state index in [0.717, 1.165) is 28.1 Å². The maximum absolute atomic E-state index is 12.4. The first kappa shape index (κ1) is 18.8. The summed E-state index contributed by atoms with van der Waals surface area (Å²) in [6.45, 7) is 0.176. The van der Waals surface area contributed by atoms with Gasteiger partial charge in [0.2, 0.25) is 0 Å². The molecule has 5 nitrogen and oxygen atoms in total. The van der Waals surface area contributed by atoms with Crippen LogP contribution in [0.1, 0.15) is 16.7 Å². The van der Waals surface area contributed by atoms with Crippen LogP contribution in [0.3, 0.4) is 0 Å². The van der Waals surface area contributed by atoms with Crippen LogP contribution in [0.15, 0.2) is 89.9 Å². The molecule has 0 aromatic heterocycles. The number of aliphatic imine (C=N–C) groups is 1. The number of anilines is 1. The van der Waals surface area contributed by atoms with E-state index in [-0.39, 0.29) is 6.61 Å². The number of alkyl carbamates (subject to hydrolysis) is 1.